The first kappa shape index (κ1) is 105. The van der Waals surface area contributed by atoms with Gasteiger partial charge in [-0.15, -0.1) is 0 Å². The van der Waals surface area contributed by atoms with Crippen molar-refractivity contribution < 1.29 is 0 Å². The van der Waals surface area contributed by atoms with Crippen molar-refractivity contribution in [3.8, 4) is 0 Å². The normalized spacial score (nSPS) is 23.6. The molecule has 22 heteroatoms. The molecule has 0 spiro atoms. The van der Waals surface area contributed by atoms with E-state index in [0.717, 1.165) is 304 Å². The summed E-state index contributed by atoms with van der Waals surface area (Å²) in [5.41, 5.74) is 7.57. The zero-order valence-corrected chi connectivity index (χ0v) is 88.7. The zero-order chi connectivity index (χ0) is 93.7. The van der Waals surface area contributed by atoms with Gasteiger partial charge in [0.25, 0.3) is 0 Å². The van der Waals surface area contributed by atoms with Gasteiger partial charge in [0.1, 0.15) is 11.6 Å². The van der Waals surface area contributed by atoms with Crippen molar-refractivity contribution in [2.24, 2.45) is 5.73 Å². The number of aromatic nitrogens is 9. The first-order valence-electron chi connectivity index (χ1n) is 51.6. The Bertz CT molecular complexity index is 3550. The van der Waals surface area contributed by atoms with Crippen LogP contribution in [0.3, 0.4) is 0 Å². The van der Waals surface area contributed by atoms with Crippen LogP contribution in [0.2, 0.25) is 0 Å². The van der Waals surface area contributed by atoms with Crippen molar-refractivity contribution in [2.45, 2.75) is 534 Å². The lowest BCUT2D eigenvalue weighted by Gasteiger charge is -2.56. The van der Waals surface area contributed by atoms with Gasteiger partial charge >= 0.3 is 0 Å². The number of rotatable bonds is 43. The molecule has 2 N–H and O–H groups in total. The summed E-state index contributed by atoms with van der Waals surface area (Å²) in [4.78, 5) is 84.1. The largest absolute Gasteiger partial charge is 0.338 e. The number of nitrogens with two attached hydrogens (primary N) is 1. The maximum atomic E-state index is 7.86. The lowest BCUT2D eigenvalue weighted by Crippen LogP contribution is -2.63. The van der Waals surface area contributed by atoms with Crippen LogP contribution in [0.25, 0.3) is 0 Å². The lowest BCUT2D eigenvalue weighted by atomic mass is 9.77. The van der Waals surface area contributed by atoms with Crippen LogP contribution in [0.4, 0.5) is 35.7 Å². The molecule has 3 aromatic rings. The minimum atomic E-state index is -0.401. The molecule has 0 radical (unpaired) electrons. The van der Waals surface area contributed by atoms with E-state index in [9.17, 15) is 0 Å². The Hall–Kier alpha value is -4.45. The molecule has 6 aliphatic heterocycles. The second-order valence-electron chi connectivity index (χ2n) is 48.9. The van der Waals surface area contributed by atoms with Gasteiger partial charge < -0.3 is 35.1 Å². The molecule has 3 aromatic heterocycles. The average Bonchev–Trinajstić information content (AvgIpc) is 0.766. The van der Waals surface area contributed by atoms with Crippen LogP contribution in [0, 0.1) is 0 Å². The Morgan fingerprint density at radius 3 is 0.635 bits per heavy atom. The molecule has 9 rings (SSSR count). The molecule has 22 nitrogen and oxygen atoms in total. The van der Waals surface area contributed by atoms with Gasteiger partial charge in [0.15, 0.2) is 5.82 Å². The maximum absolute atomic E-state index is 7.86. The smallest absolute Gasteiger partial charge is 0.230 e. The van der Waals surface area contributed by atoms with E-state index in [0.29, 0.717) is 0 Å². The van der Waals surface area contributed by atoms with E-state index in [4.69, 9.17) is 50.6 Å². The highest BCUT2D eigenvalue weighted by atomic mass is 15.4. The number of aryl methyl sites for hydroxylation is 1. The van der Waals surface area contributed by atoms with Gasteiger partial charge in [0.2, 0.25) is 35.7 Å². The van der Waals surface area contributed by atoms with Crippen molar-refractivity contribution >= 4 is 35.7 Å². The van der Waals surface area contributed by atoms with Crippen molar-refractivity contribution in [3.63, 3.8) is 0 Å². The number of piperidine rings is 6. The Morgan fingerprint density at radius 1 is 0.246 bits per heavy atom. The predicted molar refractivity (Wildman–Crippen MR) is 537 cm³/mol. The third-order valence-corrected chi connectivity index (χ3v) is 33.8. The van der Waals surface area contributed by atoms with Crippen LogP contribution in [-0.4, -0.2) is 259 Å². The summed E-state index contributed by atoms with van der Waals surface area (Å²) >= 11 is 0. The Kier molecular flexibility index (Phi) is 35.1. The number of unbranched alkanes of at least 4 members (excludes halogenated alkanes) is 9. The van der Waals surface area contributed by atoms with Crippen molar-refractivity contribution in [1.29, 1.82) is 0 Å². The molecule has 6 saturated heterocycles. The number of hydrogen-bond donors (Lipinski definition) is 1. The molecule has 6 aliphatic rings. The lowest BCUT2D eigenvalue weighted by molar-refractivity contribution is -0.0136. The Morgan fingerprint density at radius 2 is 0.429 bits per heavy atom. The van der Waals surface area contributed by atoms with Crippen LogP contribution in [-0.2, 0) is 6.42 Å². The van der Waals surface area contributed by atoms with Gasteiger partial charge in [-0.05, 0) is 350 Å². The monoisotopic (exact) mass is 1750 g/mol. The van der Waals surface area contributed by atoms with Crippen molar-refractivity contribution in [3.05, 3.63) is 17.5 Å². The summed E-state index contributed by atoms with van der Waals surface area (Å²) in [6.45, 7) is 78.1. The van der Waals surface area contributed by atoms with Gasteiger partial charge in [-0.3, -0.25) is 29.4 Å². The summed E-state index contributed by atoms with van der Waals surface area (Å²) in [6, 6.07) is 1.13. The topological polar surface area (TPSA) is 181 Å². The minimum absolute atomic E-state index is 0.00452. The SMILES string of the molecule is CCCCN(c1nc(CCCCCC(CCCCC(N)c2nc(N(CCCC)C3CC(C)(C)N(C)C(C)(C)C3)nc(N(CCCC)C3CC(C)(C)N(C)C(C)(C)C3)n2)c2nc(N(CCCC)C3CC(C)(C)N(C)C(C)(C)C3)nc(N(CCCC)C3CC(C)(C)N(C)C(C)(C)C3)n2)nc(N(CCCC)C2CC(C)(C)N(C)C(C)(C)C2)n1)C1CC(C)(C)N(C)C(C)(C)C1. The van der Waals surface area contributed by atoms with E-state index < -0.39 is 6.04 Å². The minimum Gasteiger partial charge on any atom is -0.338 e. The molecule has 722 valence electrons. The summed E-state index contributed by atoms with van der Waals surface area (Å²) in [5.74, 6) is 7.76. The van der Waals surface area contributed by atoms with Gasteiger partial charge in [-0.25, -0.2) is 0 Å². The van der Waals surface area contributed by atoms with Gasteiger partial charge in [0, 0.05) is 154 Å². The predicted octanol–water partition coefficient (Wildman–Crippen LogP) is 21.9. The number of nitrogens with zero attached hydrogens (tertiary/aromatic N) is 21. The van der Waals surface area contributed by atoms with Crippen molar-refractivity contribution in [2.75, 3.05) is 111 Å². The van der Waals surface area contributed by atoms with Crippen LogP contribution in [0.1, 0.15) is 443 Å². The number of hydrogen-bond acceptors (Lipinski definition) is 22. The number of likely N-dealkylation sites (tertiary alicyclic amines) is 6. The van der Waals surface area contributed by atoms with Gasteiger partial charge in [0.05, 0.1) is 6.04 Å². The highest BCUT2D eigenvalue weighted by Gasteiger charge is 2.53. The quantitative estimate of drug-likeness (QED) is 0.0528. The fourth-order valence-electron chi connectivity index (χ4n) is 24.4. The molecule has 6 fully saturated rings. The van der Waals surface area contributed by atoms with E-state index in [-0.39, 0.29) is 109 Å². The second kappa shape index (κ2) is 42.0. The average molecular weight is 1750 g/mol. The Balaban J connectivity index is 1.16. The van der Waals surface area contributed by atoms with Crippen LogP contribution in [0.15, 0.2) is 0 Å². The van der Waals surface area contributed by atoms with E-state index in [1.807, 2.05) is 0 Å². The highest BCUT2D eigenvalue weighted by molar-refractivity contribution is 5.46. The molecule has 0 aliphatic carbocycles. The van der Waals surface area contributed by atoms with Gasteiger partial charge in [-0.1, -0.05) is 106 Å². The molecule has 0 saturated carbocycles. The molecule has 2 atom stereocenters. The third kappa shape index (κ3) is 25.1. The third-order valence-electron chi connectivity index (χ3n) is 33.8. The van der Waals surface area contributed by atoms with E-state index in [1.165, 1.54) is 0 Å². The van der Waals surface area contributed by atoms with Crippen LogP contribution < -0.4 is 35.1 Å². The van der Waals surface area contributed by atoms with Crippen molar-refractivity contribution in [1.82, 2.24) is 74.3 Å². The standard InChI is InChI=1S/C104H196N22/c1-37-43-58-121(77-64-93(7,8)115(31)94(9,10)65-77)87-106-84(107-88(112-87)122(59-44-38-2)78-66-95(11,12)116(32)96(13,14)67-78)57-51-49-50-54-76(85-108-89(123(60-45-39-3)79-68-97(15,16)117(33)98(17,18)69-79)113-90(109-85)124(61-46-40-4)80-70-99(19,20)118(34)100(21,22)71-80)55-52-53-56-83(105)86-110-91(125(62-47-41-5)81-72-101(23,24)119(35)102(25,26)73-81)114-92(111-86)126(63-48-42-6)82-74-103(27,28)120(36)104(29,30)75-82/h76-83H,37-75,105H2,1-36H3. The summed E-state index contributed by atoms with van der Waals surface area (Å²) < 4.78 is 0. The fraction of sp³-hybridized carbons (Fsp3) is 0.913. The second-order valence-corrected chi connectivity index (χ2v) is 48.9. The van der Waals surface area contributed by atoms with E-state index in [1.54, 1.807) is 0 Å². The molecule has 0 amide bonds. The zero-order valence-electron chi connectivity index (χ0n) is 88.7. The molecule has 0 aromatic carbocycles. The number of anilines is 6. The summed E-state index contributed by atoms with van der Waals surface area (Å²) in [6.07, 6.45) is 33.5. The van der Waals surface area contributed by atoms with Crippen LogP contribution >= 0.6 is 0 Å². The molecule has 2 unspecified atom stereocenters. The highest BCUT2D eigenvalue weighted by Crippen LogP contribution is 2.49. The first-order chi connectivity index (χ1) is 58.5. The maximum Gasteiger partial charge on any atom is 0.230 e. The Labute approximate surface area is 774 Å². The molecule has 9 heterocycles. The molecular formula is C104H196N22. The fourth-order valence-corrected chi connectivity index (χ4v) is 24.4. The van der Waals surface area contributed by atoms with E-state index >= 15 is 0 Å². The first-order valence-corrected chi connectivity index (χ1v) is 51.6. The molecular weight excluding hydrogens is 1560 g/mol. The summed E-state index contributed by atoms with van der Waals surface area (Å²) in [7, 11) is 14.0. The summed E-state index contributed by atoms with van der Waals surface area (Å²) in [5, 5.41) is 0. The molecule has 126 heavy (non-hydrogen) atoms. The van der Waals surface area contributed by atoms with Crippen LogP contribution in [0.5, 0.6) is 0 Å². The van der Waals surface area contributed by atoms with E-state index in [2.05, 4.69) is 309 Å². The molecule has 0 bridgehead atoms. The van der Waals surface area contributed by atoms with Gasteiger partial charge in [-0.2, -0.15) is 44.9 Å².